The van der Waals surface area contributed by atoms with Crippen LogP contribution in [0.3, 0.4) is 0 Å². The molecule has 0 aliphatic carbocycles. The number of carbonyl (C=O) groups is 3. The highest BCUT2D eigenvalue weighted by Crippen LogP contribution is 2.34. The third-order valence-electron chi connectivity index (χ3n) is 3.90. The Bertz CT molecular complexity index is 925. The molecule has 2 amide bonds. The van der Waals surface area contributed by atoms with Gasteiger partial charge in [0.2, 0.25) is 0 Å². The topological polar surface area (TPSA) is 108 Å². The summed E-state index contributed by atoms with van der Waals surface area (Å²) < 4.78 is 10.7. The van der Waals surface area contributed by atoms with Crippen molar-refractivity contribution in [2.45, 2.75) is 33.8 Å². The van der Waals surface area contributed by atoms with Crippen LogP contribution in [0.2, 0.25) is 5.02 Å². The van der Waals surface area contributed by atoms with Crippen molar-refractivity contribution >= 4 is 45.7 Å². The van der Waals surface area contributed by atoms with Crippen LogP contribution in [-0.4, -0.2) is 30.5 Å². The fourth-order valence-corrected chi connectivity index (χ4v) is 3.76. The molecule has 0 aliphatic heterocycles. The van der Waals surface area contributed by atoms with E-state index in [-0.39, 0.29) is 22.0 Å². The summed E-state index contributed by atoms with van der Waals surface area (Å²) in [5.74, 6) is -1.30. The predicted molar refractivity (Wildman–Crippen MR) is 108 cm³/mol. The summed E-state index contributed by atoms with van der Waals surface area (Å²) in [6.07, 6.45) is -0.866. The summed E-state index contributed by atoms with van der Waals surface area (Å²) in [6, 6.07) is 5.06. The number of aryl methyl sites for hydroxylation is 1. The van der Waals surface area contributed by atoms with Crippen LogP contribution in [-0.2, 0) is 9.53 Å². The van der Waals surface area contributed by atoms with E-state index in [1.54, 1.807) is 39.0 Å². The summed E-state index contributed by atoms with van der Waals surface area (Å²) in [4.78, 5) is 36.7. The van der Waals surface area contributed by atoms with Crippen molar-refractivity contribution in [2.75, 3.05) is 11.9 Å². The van der Waals surface area contributed by atoms with E-state index in [0.29, 0.717) is 16.3 Å². The number of carbonyl (C=O) groups excluding carboxylic acids is 3. The number of hydrogen-bond donors (Lipinski definition) is 2. The molecule has 0 saturated carbocycles. The molecule has 1 heterocycles. The highest BCUT2D eigenvalue weighted by molar-refractivity contribution is 7.18. The van der Waals surface area contributed by atoms with Gasteiger partial charge in [0, 0.05) is 5.02 Å². The molecule has 9 heteroatoms. The number of thiophene rings is 1. The lowest BCUT2D eigenvalue weighted by molar-refractivity contribution is -0.122. The van der Waals surface area contributed by atoms with Gasteiger partial charge in [0.15, 0.2) is 6.10 Å². The molecule has 1 aromatic heterocycles. The average molecular weight is 425 g/mol. The predicted octanol–water partition coefficient (Wildman–Crippen LogP) is 3.70. The Balaban J connectivity index is 2.25. The van der Waals surface area contributed by atoms with Gasteiger partial charge in [0.05, 0.1) is 17.0 Å². The van der Waals surface area contributed by atoms with Crippen molar-refractivity contribution in [3.05, 3.63) is 44.8 Å². The second kappa shape index (κ2) is 9.07. The monoisotopic (exact) mass is 424 g/mol. The molecular formula is C19H21ClN2O5S. The van der Waals surface area contributed by atoms with Crippen LogP contribution in [0.4, 0.5) is 5.00 Å². The molecule has 0 bridgehead atoms. The Morgan fingerprint density at radius 1 is 1.29 bits per heavy atom. The summed E-state index contributed by atoms with van der Waals surface area (Å²) in [5, 5.41) is 3.39. The van der Waals surface area contributed by atoms with E-state index in [9.17, 15) is 14.4 Å². The third-order valence-corrected chi connectivity index (χ3v) is 5.35. The standard InChI is InChI=1S/C19H21ClN2O5S/c1-5-26-19(25)14-10(3)15(16(21)23)28-18(14)22-17(24)11(4)27-13-7-6-12(20)8-9(13)2/h6-8,11H,5H2,1-4H3,(H2,21,23)(H,22,24)/t11-/m1/s1. The van der Waals surface area contributed by atoms with Crippen molar-refractivity contribution in [3.8, 4) is 5.75 Å². The van der Waals surface area contributed by atoms with E-state index in [1.165, 1.54) is 0 Å². The van der Waals surface area contributed by atoms with Crippen LogP contribution in [0.15, 0.2) is 18.2 Å². The fraction of sp³-hybridized carbons (Fsp3) is 0.316. The Morgan fingerprint density at radius 3 is 2.54 bits per heavy atom. The summed E-state index contributed by atoms with van der Waals surface area (Å²) >= 11 is 6.85. The van der Waals surface area contributed by atoms with Gasteiger partial charge in [-0.15, -0.1) is 11.3 Å². The Morgan fingerprint density at radius 2 is 1.96 bits per heavy atom. The van der Waals surface area contributed by atoms with Gasteiger partial charge in [-0.25, -0.2) is 4.79 Å². The molecule has 2 rings (SSSR count). The summed E-state index contributed by atoms with van der Waals surface area (Å²) in [6.45, 7) is 6.78. The Labute approximate surface area is 171 Å². The molecule has 0 spiro atoms. The lowest BCUT2D eigenvalue weighted by atomic mass is 10.1. The van der Waals surface area contributed by atoms with Gasteiger partial charge in [-0.1, -0.05) is 11.6 Å². The van der Waals surface area contributed by atoms with E-state index in [2.05, 4.69) is 5.32 Å². The van der Waals surface area contributed by atoms with Crippen LogP contribution in [0.5, 0.6) is 5.75 Å². The third kappa shape index (κ3) is 4.82. The van der Waals surface area contributed by atoms with Crippen LogP contribution in [0.1, 0.15) is 45.0 Å². The van der Waals surface area contributed by atoms with Gasteiger partial charge < -0.3 is 20.5 Å². The van der Waals surface area contributed by atoms with E-state index >= 15 is 0 Å². The van der Waals surface area contributed by atoms with Gasteiger partial charge in [-0.2, -0.15) is 0 Å². The lowest BCUT2D eigenvalue weighted by Gasteiger charge is -2.16. The van der Waals surface area contributed by atoms with Crippen molar-refractivity contribution in [1.82, 2.24) is 0 Å². The highest BCUT2D eigenvalue weighted by Gasteiger charge is 2.27. The first-order valence-corrected chi connectivity index (χ1v) is 9.69. The summed E-state index contributed by atoms with van der Waals surface area (Å²) in [7, 11) is 0. The normalized spacial score (nSPS) is 11.6. The SMILES string of the molecule is CCOC(=O)c1c(NC(=O)[C@@H](C)Oc2ccc(Cl)cc2C)sc(C(N)=O)c1C. The minimum absolute atomic E-state index is 0.115. The first-order valence-electron chi connectivity index (χ1n) is 8.49. The van der Waals surface area contributed by atoms with Gasteiger partial charge >= 0.3 is 5.97 Å². The first-order chi connectivity index (χ1) is 13.1. The molecule has 0 aliphatic rings. The number of esters is 1. The average Bonchev–Trinajstić information content (AvgIpc) is 2.93. The van der Waals surface area contributed by atoms with Crippen molar-refractivity contribution in [1.29, 1.82) is 0 Å². The Hall–Kier alpha value is -2.58. The number of nitrogens with one attached hydrogen (secondary N) is 1. The van der Waals surface area contributed by atoms with E-state index in [4.69, 9.17) is 26.8 Å². The van der Waals surface area contributed by atoms with E-state index in [0.717, 1.165) is 16.9 Å². The van der Waals surface area contributed by atoms with Crippen molar-refractivity contribution < 1.29 is 23.9 Å². The second-order valence-electron chi connectivity index (χ2n) is 6.00. The van der Waals surface area contributed by atoms with Gasteiger partial charge in [0.25, 0.3) is 11.8 Å². The van der Waals surface area contributed by atoms with E-state index < -0.39 is 23.9 Å². The van der Waals surface area contributed by atoms with Crippen LogP contribution >= 0.6 is 22.9 Å². The zero-order valence-corrected chi connectivity index (χ0v) is 17.5. The molecule has 7 nitrogen and oxygen atoms in total. The number of hydrogen-bond acceptors (Lipinski definition) is 6. The molecule has 0 unspecified atom stereocenters. The lowest BCUT2D eigenvalue weighted by Crippen LogP contribution is -2.30. The maximum Gasteiger partial charge on any atom is 0.341 e. The van der Waals surface area contributed by atoms with E-state index in [1.807, 2.05) is 6.92 Å². The first kappa shape index (κ1) is 21.7. The smallest absolute Gasteiger partial charge is 0.341 e. The number of amides is 2. The van der Waals surface area contributed by atoms with Crippen LogP contribution in [0.25, 0.3) is 0 Å². The molecule has 0 fully saturated rings. The maximum absolute atomic E-state index is 12.6. The number of halogens is 1. The van der Waals surface area contributed by atoms with Crippen LogP contribution in [0, 0.1) is 13.8 Å². The molecular weight excluding hydrogens is 404 g/mol. The number of ether oxygens (including phenoxy) is 2. The highest BCUT2D eigenvalue weighted by atomic mass is 35.5. The van der Waals surface area contributed by atoms with Gasteiger partial charge in [0.1, 0.15) is 10.8 Å². The molecule has 1 atom stereocenters. The number of nitrogens with two attached hydrogens (primary N) is 1. The van der Waals surface area contributed by atoms with Crippen LogP contribution < -0.4 is 15.8 Å². The number of primary amides is 1. The molecule has 0 radical (unpaired) electrons. The number of benzene rings is 1. The van der Waals surface area contributed by atoms with Crippen molar-refractivity contribution in [3.63, 3.8) is 0 Å². The number of anilines is 1. The van der Waals surface area contributed by atoms with Gasteiger partial charge in [-0.05, 0) is 57.0 Å². The molecule has 0 saturated heterocycles. The largest absolute Gasteiger partial charge is 0.481 e. The molecule has 2 aromatic rings. The fourth-order valence-electron chi connectivity index (χ4n) is 2.49. The quantitative estimate of drug-likeness (QED) is 0.659. The Kier molecular flexibility index (Phi) is 7.04. The second-order valence-corrected chi connectivity index (χ2v) is 7.46. The minimum atomic E-state index is -0.866. The summed E-state index contributed by atoms with van der Waals surface area (Å²) in [5.41, 5.74) is 6.63. The molecule has 28 heavy (non-hydrogen) atoms. The molecule has 150 valence electrons. The molecule has 3 N–H and O–H groups in total. The minimum Gasteiger partial charge on any atom is -0.481 e. The van der Waals surface area contributed by atoms with Crippen molar-refractivity contribution in [2.24, 2.45) is 5.73 Å². The number of rotatable bonds is 7. The zero-order valence-electron chi connectivity index (χ0n) is 15.9. The van der Waals surface area contributed by atoms with Gasteiger partial charge in [-0.3, -0.25) is 9.59 Å². The zero-order chi connectivity index (χ0) is 21.0. The molecule has 1 aromatic carbocycles. The maximum atomic E-state index is 12.6.